The predicted molar refractivity (Wildman–Crippen MR) is 79.8 cm³/mol. The minimum atomic E-state index is -0.166. The Hall–Kier alpha value is -2.37. The molecule has 110 valence electrons. The Bertz CT molecular complexity index is 692. The Kier molecular flexibility index (Phi) is 3.60. The summed E-state index contributed by atoms with van der Waals surface area (Å²) in [6, 6.07) is 5.61. The molecule has 0 aliphatic carbocycles. The number of fused-ring (bicyclic) bond motifs is 1. The van der Waals surface area contributed by atoms with E-state index in [2.05, 4.69) is 10.3 Å². The van der Waals surface area contributed by atoms with Crippen LogP contribution in [0.2, 0.25) is 0 Å². The number of nitrogens with zero attached hydrogens (tertiary/aromatic N) is 3. The molecule has 2 aromatic rings. The Morgan fingerprint density at radius 3 is 3.05 bits per heavy atom. The minimum absolute atomic E-state index is 0.0663. The number of amides is 2. The molecule has 6 nitrogen and oxygen atoms in total. The summed E-state index contributed by atoms with van der Waals surface area (Å²) in [6.07, 6.45) is 4.18. The van der Waals surface area contributed by atoms with Crippen LogP contribution < -0.4 is 5.32 Å². The van der Waals surface area contributed by atoms with Crippen LogP contribution in [-0.4, -0.2) is 39.4 Å². The molecule has 0 saturated carbocycles. The Morgan fingerprint density at radius 1 is 1.38 bits per heavy atom. The minimum Gasteiger partial charge on any atom is -0.334 e. The van der Waals surface area contributed by atoms with Crippen molar-refractivity contribution >= 4 is 28.5 Å². The second-order valence-corrected chi connectivity index (χ2v) is 5.38. The maximum absolute atomic E-state index is 12.0. The van der Waals surface area contributed by atoms with E-state index >= 15 is 0 Å². The predicted octanol–water partition coefficient (Wildman–Crippen LogP) is 1.52. The average Bonchev–Trinajstić information content (AvgIpc) is 2.82. The number of aryl methyl sites for hydroxylation is 1. The number of imidazole rings is 1. The fourth-order valence-corrected chi connectivity index (χ4v) is 2.62. The van der Waals surface area contributed by atoms with E-state index < -0.39 is 0 Å². The Balaban J connectivity index is 1.66. The van der Waals surface area contributed by atoms with Crippen LogP contribution in [0.5, 0.6) is 0 Å². The first kappa shape index (κ1) is 13.6. The van der Waals surface area contributed by atoms with E-state index in [1.54, 1.807) is 11.2 Å². The first-order chi connectivity index (χ1) is 10.1. The van der Waals surface area contributed by atoms with Crippen LogP contribution in [0.1, 0.15) is 19.3 Å². The Labute approximate surface area is 122 Å². The molecule has 2 heterocycles. The monoisotopic (exact) mass is 286 g/mol. The number of likely N-dealkylation sites (tertiary alicyclic amines) is 1. The van der Waals surface area contributed by atoms with Gasteiger partial charge in [-0.3, -0.25) is 9.59 Å². The van der Waals surface area contributed by atoms with Gasteiger partial charge in [-0.25, -0.2) is 4.98 Å². The highest BCUT2D eigenvalue weighted by Crippen LogP contribution is 2.17. The van der Waals surface area contributed by atoms with Crippen LogP contribution in [-0.2, 0) is 16.6 Å². The third kappa shape index (κ3) is 2.89. The van der Waals surface area contributed by atoms with Gasteiger partial charge in [0.15, 0.2) is 0 Å². The number of hydrogen-bond donors (Lipinski definition) is 1. The number of hydrogen-bond acceptors (Lipinski definition) is 3. The van der Waals surface area contributed by atoms with E-state index in [-0.39, 0.29) is 18.4 Å². The zero-order valence-electron chi connectivity index (χ0n) is 12.0. The molecule has 2 amide bonds. The van der Waals surface area contributed by atoms with E-state index in [0.29, 0.717) is 18.7 Å². The van der Waals surface area contributed by atoms with Crippen molar-refractivity contribution in [1.29, 1.82) is 0 Å². The zero-order valence-corrected chi connectivity index (χ0v) is 12.0. The van der Waals surface area contributed by atoms with Crippen molar-refractivity contribution in [2.75, 3.05) is 18.4 Å². The van der Waals surface area contributed by atoms with E-state index in [1.165, 1.54) is 0 Å². The molecular formula is C15H18N4O2. The van der Waals surface area contributed by atoms with Gasteiger partial charge in [-0.2, -0.15) is 0 Å². The van der Waals surface area contributed by atoms with Crippen LogP contribution in [0.15, 0.2) is 24.5 Å². The van der Waals surface area contributed by atoms with Crippen LogP contribution in [0.3, 0.4) is 0 Å². The molecular weight excluding hydrogens is 268 g/mol. The topological polar surface area (TPSA) is 67.2 Å². The number of rotatable bonds is 3. The normalized spacial score (nSPS) is 15.5. The first-order valence-corrected chi connectivity index (χ1v) is 7.12. The summed E-state index contributed by atoms with van der Waals surface area (Å²) in [5.41, 5.74) is 2.55. The van der Waals surface area contributed by atoms with Gasteiger partial charge in [-0.05, 0) is 31.0 Å². The van der Waals surface area contributed by atoms with Crippen molar-refractivity contribution in [2.45, 2.75) is 19.3 Å². The molecule has 1 aliphatic rings. The second-order valence-electron chi connectivity index (χ2n) is 5.38. The number of piperidine rings is 1. The number of aromatic nitrogens is 2. The maximum atomic E-state index is 12.0. The molecule has 3 rings (SSSR count). The summed E-state index contributed by atoms with van der Waals surface area (Å²) < 4.78 is 1.92. The standard InChI is InChI=1S/C15H18N4O2/c1-18-10-16-12-8-11(5-6-13(12)18)17-14(20)9-19-7-3-2-4-15(19)21/h5-6,8,10H,2-4,7,9H2,1H3,(H,17,20). The lowest BCUT2D eigenvalue weighted by atomic mass is 10.1. The quantitative estimate of drug-likeness (QED) is 0.930. The van der Waals surface area contributed by atoms with Gasteiger partial charge in [0.05, 0.1) is 23.9 Å². The first-order valence-electron chi connectivity index (χ1n) is 7.12. The van der Waals surface area contributed by atoms with Gasteiger partial charge in [0.25, 0.3) is 0 Å². The molecule has 1 aromatic carbocycles. The SMILES string of the molecule is Cn1cnc2cc(NC(=O)CN3CCCCC3=O)ccc21. The molecule has 21 heavy (non-hydrogen) atoms. The van der Waals surface area contributed by atoms with Gasteiger partial charge < -0.3 is 14.8 Å². The van der Waals surface area contributed by atoms with Crippen molar-refractivity contribution in [2.24, 2.45) is 7.05 Å². The van der Waals surface area contributed by atoms with Crippen LogP contribution in [0.4, 0.5) is 5.69 Å². The molecule has 1 aromatic heterocycles. The zero-order chi connectivity index (χ0) is 14.8. The smallest absolute Gasteiger partial charge is 0.243 e. The number of nitrogens with one attached hydrogen (secondary N) is 1. The van der Waals surface area contributed by atoms with Gasteiger partial charge in [-0.15, -0.1) is 0 Å². The lowest BCUT2D eigenvalue weighted by Gasteiger charge is -2.25. The number of carbonyl (C=O) groups is 2. The van der Waals surface area contributed by atoms with Crippen molar-refractivity contribution in [3.63, 3.8) is 0 Å². The third-order valence-corrected chi connectivity index (χ3v) is 3.77. The Morgan fingerprint density at radius 2 is 2.24 bits per heavy atom. The van der Waals surface area contributed by atoms with Crippen LogP contribution in [0, 0.1) is 0 Å². The van der Waals surface area contributed by atoms with Gasteiger partial charge in [-0.1, -0.05) is 0 Å². The van der Waals surface area contributed by atoms with Crippen LogP contribution in [0.25, 0.3) is 11.0 Å². The van der Waals surface area contributed by atoms with Gasteiger partial charge in [0, 0.05) is 25.7 Å². The highest BCUT2D eigenvalue weighted by atomic mass is 16.2. The van der Waals surface area contributed by atoms with E-state index in [0.717, 1.165) is 23.9 Å². The summed E-state index contributed by atoms with van der Waals surface area (Å²) in [5.74, 6) is -0.0999. The lowest BCUT2D eigenvalue weighted by molar-refractivity contribution is -0.136. The molecule has 0 radical (unpaired) electrons. The molecule has 1 fully saturated rings. The highest BCUT2D eigenvalue weighted by Gasteiger charge is 2.20. The van der Waals surface area contributed by atoms with Gasteiger partial charge >= 0.3 is 0 Å². The molecule has 0 unspecified atom stereocenters. The summed E-state index contributed by atoms with van der Waals surface area (Å²) >= 11 is 0. The molecule has 1 aliphatic heterocycles. The van der Waals surface area contributed by atoms with Crippen molar-refractivity contribution in [1.82, 2.24) is 14.5 Å². The van der Waals surface area contributed by atoms with Gasteiger partial charge in [0.2, 0.25) is 11.8 Å². The lowest BCUT2D eigenvalue weighted by Crippen LogP contribution is -2.40. The summed E-state index contributed by atoms with van der Waals surface area (Å²) in [7, 11) is 1.93. The molecule has 1 saturated heterocycles. The molecule has 0 spiro atoms. The van der Waals surface area contributed by atoms with Gasteiger partial charge in [0.1, 0.15) is 0 Å². The number of benzene rings is 1. The fraction of sp³-hybridized carbons (Fsp3) is 0.400. The summed E-state index contributed by atoms with van der Waals surface area (Å²) in [6.45, 7) is 0.796. The van der Waals surface area contributed by atoms with E-state index in [1.807, 2.05) is 29.8 Å². The van der Waals surface area contributed by atoms with Crippen molar-refractivity contribution in [3.8, 4) is 0 Å². The second kappa shape index (κ2) is 5.55. The summed E-state index contributed by atoms with van der Waals surface area (Å²) in [4.78, 5) is 29.6. The van der Waals surface area contributed by atoms with Crippen LogP contribution >= 0.6 is 0 Å². The molecule has 1 N–H and O–H groups in total. The number of carbonyl (C=O) groups excluding carboxylic acids is 2. The molecule has 0 bridgehead atoms. The molecule has 0 atom stereocenters. The fourth-order valence-electron chi connectivity index (χ4n) is 2.62. The summed E-state index contributed by atoms with van der Waals surface area (Å²) in [5, 5.41) is 2.83. The average molecular weight is 286 g/mol. The third-order valence-electron chi connectivity index (χ3n) is 3.77. The number of anilines is 1. The largest absolute Gasteiger partial charge is 0.334 e. The highest BCUT2D eigenvalue weighted by molar-refractivity contribution is 5.96. The van der Waals surface area contributed by atoms with Crippen molar-refractivity contribution < 1.29 is 9.59 Å². The van der Waals surface area contributed by atoms with E-state index in [9.17, 15) is 9.59 Å². The molecule has 6 heteroatoms. The van der Waals surface area contributed by atoms with Crippen molar-refractivity contribution in [3.05, 3.63) is 24.5 Å². The van der Waals surface area contributed by atoms with E-state index in [4.69, 9.17) is 0 Å². The maximum Gasteiger partial charge on any atom is 0.243 e.